The van der Waals surface area contributed by atoms with E-state index in [1.54, 1.807) is 24.3 Å². The molecular weight excluding hydrogens is 434 g/mol. The maximum Gasteiger partial charge on any atom is 0.256 e. The Hall–Kier alpha value is -3.24. The first-order valence-electron chi connectivity index (χ1n) is 11.6. The van der Waals surface area contributed by atoms with Gasteiger partial charge < -0.3 is 5.32 Å². The molecular formula is C26H23N3O3S. The lowest BCUT2D eigenvalue weighted by atomic mass is 9.85. The molecule has 1 aromatic heterocycles. The normalized spacial score (nSPS) is 27.3. The van der Waals surface area contributed by atoms with Crippen molar-refractivity contribution >= 4 is 39.7 Å². The predicted molar refractivity (Wildman–Crippen MR) is 125 cm³/mol. The molecule has 1 saturated heterocycles. The summed E-state index contributed by atoms with van der Waals surface area (Å²) in [5.41, 5.74) is 2.61. The van der Waals surface area contributed by atoms with Gasteiger partial charge in [0, 0.05) is 10.4 Å². The Kier molecular flexibility index (Phi) is 4.73. The minimum atomic E-state index is -0.298. The van der Waals surface area contributed by atoms with E-state index >= 15 is 0 Å². The fourth-order valence-electron chi connectivity index (χ4n) is 6.04. The summed E-state index contributed by atoms with van der Waals surface area (Å²) in [4.78, 5) is 41.4. The van der Waals surface area contributed by atoms with E-state index in [1.165, 1.54) is 27.5 Å². The molecule has 4 atom stereocenters. The van der Waals surface area contributed by atoms with E-state index in [-0.39, 0.29) is 41.4 Å². The molecule has 1 aromatic carbocycles. The molecule has 2 bridgehead atoms. The number of aryl methyl sites for hydroxylation is 1. The first kappa shape index (κ1) is 20.4. The number of anilines is 2. The summed E-state index contributed by atoms with van der Waals surface area (Å²) in [5, 5.41) is 13.2. The lowest BCUT2D eigenvalue weighted by Gasteiger charge is -2.17. The second-order valence-corrected chi connectivity index (χ2v) is 10.5. The van der Waals surface area contributed by atoms with Crippen molar-refractivity contribution in [2.24, 2.45) is 23.7 Å². The number of hydrogen-bond donors (Lipinski definition) is 1. The average molecular weight is 458 g/mol. The van der Waals surface area contributed by atoms with Crippen molar-refractivity contribution in [3.05, 3.63) is 58.0 Å². The van der Waals surface area contributed by atoms with Gasteiger partial charge in [-0.05, 0) is 73.8 Å². The quantitative estimate of drug-likeness (QED) is 0.419. The monoisotopic (exact) mass is 457 g/mol. The van der Waals surface area contributed by atoms with Crippen LogP contribution in [0.3, 0.4) is 0 Å². The zero-order valence-electron chi connectivity index (χ0n) is 18.0. The van der Waals surface area contributed by atoms with Crippen LogP contribution in [0, 0.1) is 35.0 Å². The van der Waals surface area contributed by atoms with E-state index in [2.05, 4.69) is 23.5 Å². The van der Waals surface area contributed by atoms with Crippen LogP contribution in [0.25, 0.3) is 0 Å². The predicted octanol–water partition coefficient (Wildman–Crippen LogP) is 4.45. The fourth-order valence-corrected chi connectivity index (χ4v) is 7.28. The molecule has 3 amide bonds. The highest BCUT2D eigenvalue weighted by molar-refractivity contribution is 7.16. The van der Waals surface area contributed by atoms with Crippen LogP contribution in [0.5, 0.6) is 0 Å². The summed E-state index contributed by atoms with van der Waals surface area (Å²) in [6.07, 6.45) is 10.2. The molecule has 6 rings (SSSR count). The smallest absolute Gasteiger partial charge is 0.256 e. The van der Waals surface area contributed by atoms with Gasteiger partial charge in [0.25, 0.3) is 5.91 Å². The maximum atomic E-state index is 13.0. The zero-order chi connectivity index (χ0) is 22.7. The number of benzene rings is 1. The molecule has 3 aliphatic carbocycles. The van der Waals surface area contributed by atoms with E-state index in [9.17, 15) is 19.6 Å². The fraction of sp³-hybridized carbons (Fsp3) is 0.385. The van der Waals surface area contributed by atoms with Crippen molar-refractivity contribution in [3.8, 4) is 6.07 Å². The Morgan fingerprint density at radius 2 is 1.67 bits per heavy atom. The van der Waals surface area contributed by atoms with Gasteiger partial charge in [0.2, 0.25) is 11.8 Å². The highest BCUT2D eigenvalue weighted by atomic mass is 32.1. The number of nitrogens with zero attached hydrogens (tertiary/aromatic N) is 2. The van der Waals surface area contributed by atoms with Crippen LogP contribution in [0.4, 0.5) is 10.7 Å². The van der Waals surface area contributed by atoms with Crippen LogP contribution < -0.4 is 10.2 Å². The van der Waals surface area contributed by atoms with E-state index < -0.39 is 0 Å². The standard InChI is InChI=1S/C26H23N3O3S/c27-13-19-18-4-2-1-3-5-20(18)33-24(19)28-23(30)14-8-10-17(11-9-14)29-25(31)21-15-6-7-16(12-15)22(21)26(29)32/h6-11,15-16,21-22H,1-5,12H2,(H,28,30). The summed E-state index contributed by atoms with van der Waals surface area (Å²) >= 11 is 1.50. The van der Waals surface area contributed by atoms with Crippen molar-refractivity contribution in [1.29, 1.82) is 5.26 Å². The van der Waals surface area contributed by atoms with Crippen LogP contribution in [0.1, 0.15) is 52.0 Å². The van der Waals surface area contributed by atoms with Crippen LogP contribution in [-0.4, -0.2) is 17.7 Å². The SMILES string of the molecule is N#Cc1c(NC(=O)c2ccc(N3C(=O)C4C5C=CC(C5)C4C3=O)cc2)sc2c1CCCCC2. The van der Waals surface area contributed by atoms with E-state index in [1.807, 2.05) is 0 Å². The maximum absolute atomic E-state index is 13.0. The molecule has 0 spiro atoms. The number of allylic oxidation sites excluding steroid dienone is 2. The molecule has 4 unspecified atom stereocenters. The van der Waals surface area contributed by atoms with E-state index in [4.69, 9.17) is 0 Å². The van der Waals surface area contributed by atoms with E-state index in [0.29, 0.717) is 21.8 Å². The van der Waals surface area contributed by atoms with Gasteiger partial charge in [-0.1, -0.05) is 18.6 Å². The molecule has 2 fully saturated rings. The molecule has 166 valence electrons. The summed E-state index contributed by atoms with van der Waals surface area (Å²) in [5.74, 6) is -0.699. The van der Waals surface area contributed by atoms with Crippen molar-refractivity contribution in [2.75, 3.05) is 10.2 Å². The van der Waals surface area contributed by atoms with Gasteiger partial charge in [0.1, 0.15) is 11.1 Å². The molecule has 6 nitrogen and oxygen atoms in total. The largest absolute Gasteiger partial charge is 0.312 e. The van der Waals surface area contributed by atoms with Crippen LogP contribution in [0.2, 0.25) is 0 Å². The molecule has 1 N–H and O–H groups in total. The van der Waals surface area contributed by atoms with Crippen LogP contribution in [0.15, 0.2) is 36.4 Å². The number of carbonyl (C=O) groups excluding carboxylic acids is 3. The Labute approximate surface area is 195 Å². The molecule has 4 aliphatic rings. The topological polar surface area (TPSA) is 90.3 Å². The molecule has 2 heterocycles. The molecule has 7 heteroatoms. The summed E-state index contributed by atoms with van der Waals surface area (Å²) in [6, 6.07) is 8.88. The molecule has 2 aromatic rings. The minimum Gasteiger partial charge on any atom is -0.312 e. The first-order chi connectivity index (χ1) is 16.1. The van der Waals surface area contributed by atoms with Gasteiger partial charge in [0.05, 0.1) is 23.1 Å². The van der Waals surface area contributed by atoms with Crippen molar-refractivity contribution in [1.82, 2.24) is 0 Å². The van der Waals surface area contributed by atoms with Gasteiger partial charge in [-0.2, -0.15) is 5.26 Å². The van der Waals surface area contributed by atoms with Crippen LogP contribution in [-0.2, 0) is 22.4 Å². The Morgan fingerprint density at radius 3 is 2.33 bits per heavy atom. The van der Waals surface area contributed by atoms with Crippen LogP contribution >= 0.6 is 11.3 Å². The van der Waals surface area contributed by atoms with Crippen molar-refractivity contribution in [3.63, 3.8) is 0 Å². The van der Waals surface area contributed by atoms with Gasteiger partial charge >= 0.3 is 0 Å². The number of rotatable bonds is 3. The lowest BCUT2D eigenvalue weighted by Crippen LogP contribution is -2.32. The summed E-state index contributed by atoms with van der Waals surface area (Å²) in [7, 11) is 0. The Bertz CT molecular complexity index is 1220. The number of amides is 3. The first-order valence-corrected chi connectivity index (χ1v) is 12.4. The number of nitriles is 1. The average Bonchev–Trinajstić information content (AvgIpc) is 3.53. The van der Waals surface area contributed by atoms with Gasteiger partial charge in [-0.15, -0.1) is 11.3 Å². The highest BCUT2D eigenvalue weighted by Crippen LogP contribution is 2.53. The van der Waals surface area contributed by atoms with Gasteiger partial charge in [-0.25, -0.2) is 0 Å². The third kappa shape index (κ3) is 3.08. The summed E-state index contributed by atoms with van der Waals surface area (Å²) in [6.45, 7) is 0. The number of imide groups is 1. The zero-order valence-corrected chi connectivity index (χ0v) is 18.9. The highest BCUT2D eigenvalue weighted by Gasteiger charge is 2.59. The summed E-state index contributed by atoms with van der Waals surface area (Å²) < 4.78 is 0. The Balaban J connectivity index is 1.21. The molecule has 33 heavy (non-hydrogen) atoms. The molecule has 0 radical (unpaired) electrons. The minimum absolute atomic E-state index is 0.127. The third-order valence-corrected chi connectivity index (χ3v) is 8.83. The number of thiophene rings is 1. The lowest BCUT2D eigenvalue weighted by molar-refractivity contribution is -0.123. The number of nitrogens with one attached hydrogen (secondary N) is 1. The number of carbonyl (C=O) groups is 3. The number of fused-ring (bicyclic) bond motifs is 6. The number of hydrogen-bond acceptors (Lipinski definition) is 5. The van der Waals surface area contributed by atoms with Gasteiger partial charge in [0.15, 0.2) is 0 Å². The third-order valence-electron chi connectivity index (χ3n) is 7.62. The van der Waals surface area contributed by atoms with Crippen molar-refractivity contribution in [2.45, 2.75) is 38.5 Å². The molecule has 1 aliphatic heterocycles. The van der Waals surface area contributed by atoms with Gasteiger partial charge in [-0.3, -0.25) is 19.3 Å². The second kappa shape index (κ2) is 7.67. The van der Waals surface area contributed by atoms with Crippen molar-refractivity contribution < 1.29 is 14.4 Å². The Morgan fingerprint density at radius 1 is 1.00 bits per heavy atom. The van der Waals surface area contributed by atoms with E-state index in [0.717, 1.165) is 37.7 Å². The molecule has 1 saturated carbocycles. The second-order valence-electron chi connectivity index (χ2n) is 9.39.